The van der Waals surface area contributed by atoms with Crippen LogP contribution in [0.5, 0.6) is 5.75 Å². The van der Waals surface area contributed by atoms with Crippen LogP contribution in [0.1, 0.15) is 35.9 Å². The van der Waals surface area contributed by atoms with Crippen LogP contribution < -0.4 is 10.1 Å². The molecule has 0 spiro atoms. The van der Waals surface area contributed by atoms with Gasteiger partial charge < -0.3 is 10.1 Å². The first kappa shape index (κ1) is 15.9. The van der Waals surface area contributed by atoms with Gasteiger partial charge in [0, 0.05) is 18.3 Å². The summed E-state index contributed by atoms with van der Waals surface area (Å²) in [4.78, 5) is 12.2. The van der Waals surface area contributed by atoms with Crippen molar-refractivity contribution in [3.63, 3.8) is 0 Å². The Labute approximate surface area is 126 Å². The van der Waals surface area contributed by atoms with Crippen molar-refractivity contribution in [3.8, 4) is 5.75 Å². The Hall–Kier alpha value is -2.44. The summed E-state index contributed by atoms with van der Waals surface area (Å²) >= 11 is 0. The van der Waals surface area contributed by atoms with E-state index in [2.05, 4.69) is 15.2 Å². The summed E-state index contributed by atoms with van der Waals surface area (Å²) in [6.07, 6.45) is 1.68. The van der Waals surface area contributed by atoms with Crippen LogP contribution in [-0.2, 0) is 6.54 Å². The van der Waals surface area contributed by atoms with E-state index in [0.29, 0.717) is 12.1 Å². The summed E-state index contributed by atoms with van der Waals surface area (Å²) in [7, 11) is 0. The number of hydrogen-bond donors (Lipinski definition) is 1. The smallest absolute Gasteiger partial charge is 0.387 e. The lowest BCUT2D eigenvalue weighted by Gasteiger charge is -2.15. The van der Waals surface area contributed by atoms with E-state index in [9.17, 15) is 13.6 Å². The van der Waals surface area contributed by atoms with Gasteiger partial charge in [-0.15, -0.1) is 0 Å². The first-order chi connectivity index (χ1) is 10.5. The third-order valence-corrected chi connectivity index (χ3v) is 3.18. The second kappa shape index (κ2) is 7.02. The number of nitrogens with one attached hydrogen (secondary N) is 1. The zero-order chi connectivity index (χ0) is 16.1. The standard InChI is InChI=1S/C15H17F2N3O2/c1-3-20-13(8-9-18-20)10(2)19-14(21)11-4-6-12(7-5-11)22-15(16)17/h4-10,15H,3H2,1-2H3,(H,19,21). The number of amides is 1. The number of aromatic nitrogens is 2. The van der Waals surface area contributed by atoms with E-state index in [-0.39, 0.29) is 17.7 Å². The van der Waals surface area contributed by atoms with Gasteiger partial charge >= 0.3 is 6.61 Å². The first-order valence-corrected chi connectivity index (χ1v) is 6.88. The predicted octanol–water partition coefficient (Wildman–Crippen LogP) is 3.00. The van der Waals surface area contributed by atoms with Crippen molar-refractivity contribution in [2.75, 3.05) is 0 Å². The Morgan fingerprint density at radius 3 is 2.59 bits per heavy atom. The number of hydrogen-bond acceptors (Lipinski definition) is 3. The maximum atomic E-state index is 12.2. The molecule has 1 atom stereocenters. The van der Waals surface area contributed by atoms with Crippen LogP contribution in [0.15, 0.2) is 36.5 Å². The number of carbonyl (C=O) groups excluding carboxylic acids is 1. The SMILES string of the molecule is CCn1nccc1C(C)NC(=O)c1ccc(OC(F)F)cc1. The number of alkyl halides is 2. The van der Waals surface area contributed by atoms with Crippen LogP contribution in [0.25, 0.3) is 0 Å². The molecule has 0 aliphatic heterocycles. The topological polar surface area (TPSA) is 56.2 Å². The van der Waals surface area contributed by atoms with Gasteiger partial charge in [0.15, 0.2) is 0 Å². The average molecular weight is 309 g/mol. The van der Waals surface area contributed by atoms with Crippen molar-refractivity contribution in [2.24, 2.45) is 0 Å². The molecule has 1 aromatic carbocycles. The molecule has 118 valence electrons. The Bertz CT molecular complexity index is 626. The molecule has 0 saturated heterocycles. The minimum atomic E-state index is -2.88. The molecule has 0 bridgehead atoms. The highest BCUT2D eigenvalue weighted by Gasteiger charge is 2.15. The molecule has 1 N–H and O–H groups in total. The highest BCUT2D eigenvalue weighted by atomic mass is 19.3. The molecule has 0 saturated carbocycles. The quantitative estimate of drug-likeness (QED) is 0.892. The molecular weight excluding hydrogens is 292 g/mol. The minimum Gasteiger partial charge on any atom is -0.435 e. The summed E-state index contributed by atoms with van der Waals surface area (Å²) in [5.41, 5.74) is 1.27. The Morgan fingerprint density at radius 2 is 2.00 bits per heavy atom. The van der Waals surface area contributed by atoms with Crippen LogP contribution in [0.3, 0.4) is 0 Å². The number of ether oxygens (including phenoxy) is 1. The van der Waals surface area contributed by atoms with Crippen molar-refractivity contribution in [2.45, 2.75) is 33.0 Å². The molecule has 0 aliphatic rings. The molecule has 1 aromatic heterocycles. The van der Waals surface area contributed by atoms with Crippen molar-refractivity contribution in [1.29, 1.82) is 0 Å². The molecule has 5 nitrogen and oxygen atoms in total. The fraction of sp³-hybridized carbons (Fsp3) is 0.333. The molecule has 1 amide bonds. The largest absolute Gasteiger partial charge is 0.435 e. The average Bonchev–Trinajstić information content (AvgIpc) is 2.95. The lowest BCUT2D eigenvalue weighted by molar-refractivity contribution is -0.0498. The molecule has 1 heterocycles. The number of halogens is 2. The van der Waals surface area contributed by atoms with Crippen molar-refractivity contribution in [1.82, 2.24) is 15.1 Å². The molecule has 22 heavy (non-hydrogen) atoms. The van der Waals surface area contributed by atoms with Gasteiger partial charge in [0.1, 0.15) is 5.75 Å². The Morgan fingerprint density at radius 1 is 1.32 bits per heavy atom. The fourth-order valence-corrected chi connectivity index (χ4v) is 2.12. The summed E-state index contributed by atoms with van der Waals surface area (Å²) < 4.78 is 30.2. The third kappa shape index (κ3) is 3.81. The lowest BCUT2D eigenvalue weighted by Crippen LogP contribution is -2.28. The molecule has 0 fully saturated rings. The summed E-state index contributed by atoms with van der Waals surface area (Å²) in [6, 6.07) is 7.18. The normalized spacial score (nSPS) is 12.2. The molecular formula is C15H17F2N3O2. The van der Waals surface area contributed by atoms with E-state index in [1.54, 1.807) is 10.9 Å². The number of aryl methyl sites for hydroxylation is 1. The molecule has 2 rings (SSSR count). The number of rotatable bonds is 6. The fourth-order valence-electron chi connectivity index (χ4n) is 2.12. The second-order valence-corrected chi connectivity index (χ2v) is 4.67. The highest BCUT2D eigenvalue weighted by Crippen LogP contribution is 2.16. The maximum absolute atomic E-state index is 12.2. The first-order valence-electron chi connectivity index (χ1n) is 6.88. The van der Waals surface area contributed by atoms with Crippen molar-refractivity contribution in [3.05, 3.63) is 47.8 Å². The third-order valence-electron chi connectivity index (χ3n) is 3.18. The molecule has 0 radical (unpaired) electrons. The Balaban J connectivity index is 2.02. The van der Waals surface area contributed by atoms with Gasteiger partial charge in [0.25, 0.3) is 5.91 Å². The van der Waals surface area contributed by atoms with Crippen LogP contribution in [0.2, 0.25) is 0 Å². The minimum absolute atomic E-state index is 0.0173. The van der Waals surface area contributed by atoms with Crippen LogP contribution in [0.4, 0.5) is 8.78 Å². The Kier molecular flexibility index (Phi) is 5.08. The van der Waals surface area contributed by atoms with Gasteiger partial charge in [-0.2, -0.15) is 13.9 Å². The molecule has 0 aliphatic carbocycles. The van der Waals surface area contributed by atoms with E-state index in [0.717, 1.165) is 5.69 Å². The van der Waals surface area contributed by atoms with Gasteiger partial charge in [-0.05, 0) is 44.2 Å². The zero-order valence-electron chi connectivity index (χ0n) is 12.3. The summed E-state index contributed by atoms with van der Waals surface area (Å²) in [6.45, 7) is 1.65. The highest BCUT2D eigenvalue weighted by molar-refractivity contribution is 5.94. The van der Waals surface area contributed by atoms with E-state index in [4.69, 9.17) is 0 Å². The van der Waals surface area contributed by atoms with E-state index >= 15 is 0 Å². The lowest BCUT2D eigenvalue weighted by atomic mass is 10.1. The molecule has 1 unspecified atom stereocenters. The van der Waals surface area contributed by atoms with Crippen LogP contribution in [-0.4, -0.2) is 22.3 Å². The van der Waals surface area contributed by atoms with Gasteiger partial charge in [-0.3, -0.25) is 9.48 Å². The van der Waals surface area contributed by atoms with Crippen molar-refractivity contribution >= 4 is 5.91 Å². The second-order valence-electron chi connectivity index (χ2n) is 4.67. The molecule has 2 aromatic rings. The van der Waals surface area contributed by atoms with Gasteiger partial charge in [-0.25, -0.2) is 0 Å². The summed E-state index contributed by atoms with van der Waals surface area (Å²) in [5.74, 6) is -0.274. The number of nitrogens with zero attached hydrogens (tertiary/aromatic N) is 2. The zero-order valence-corrected chi connectivity index (χ0v) is 12.3. The van der Waals surface area contributed by atoms with E-state index in [1.165, 1.54) is 24.3 Å². The van der Waals surface area contributed by atoms with Gasteiger partial charge in [0.05, 0.1) is 11.7 Å². The predicted molar refractivity (Wildman–Crippen MR) is 76.9 cm³/mol. The summed E-state index contributed by atoms with van der Waals surface area (Å²) in [5, 5.41) is 7.00. The van der Waals surface area contributed by atoms with Crippen molar-refractivity contribution < 1.29 is 18.3 Å². The number of benzene rings is 1. The maximum Gasteiger partial charge on any atom is 0.387 e. The van der Waals surface area contributed by atoms with E-state index < -0.39 is 6.61 Å². The molecule has 7 heteroatoms. The van der Waals surface area contributed by atoms with Gasteiger partial charge in [-0.1, -0.05) is 0 Å². The van der Waals surface area contributed by atoms with Gasteiger partial charge in [0.2, 0.25) is 0 Å². The van der Waals surface area contributed by atoms with E-state index in [1.807, 2.05) is 19.9 Å². The monoisotopic (exact) mass is 309 g/mol. The number of carbonyl (C=O) groups is 1. The van der Waals surface area contributed by atoms with Crippen LogP contribution >= 0.6 is 0 Å². The van der Waals surface area contributed by atoms with Crippen LogP contribution in [0, 0.1) is 0 Å².